The summed E-state index contributed by atoms with van der Waals surface area (Å²) in [6.07, 6.45) is 1.82. The van der Waals surface area contributed by atoms with Gasteiger partial charge in [-0.25, -0.2) is 4.98 Å². The summed E-state index contributed by atoms with van der Waals surface area (Å²) in [6.45, 7) is 5.76. The van der Waals surface area contributed by atoms with Crippen LogP contribution in [0.5, 0.6) is 0 Å². The van der Waals surface area contributed by atoms with Gasteiger partial charge in [0, 0.05) is 23.9 Å². The SMILES string of the molecule is Cc1ccc(SCC(=O)N2CCC(c3nc4ccccc4o3)CC2)cc1C. The molecule has 0 unspecified atom stereocenters. The number of oxazole rings is 1. The fourth-order valence-electron chi connectivity index (χ4n) is 3.48. The lowest BCUT2D eigenvalue weighted by molar-refractivity contribution is -0.129. The largest absolute Gasteiger partial charge is 0.440 e. The first-order chi connectivity index (χ1) is 13.1. The van der Waals surface area contributed by atoms with Crippen LogP contribution in [0.1, 0.15) is 35.8 Å². The molecule has 0 aliphatic carbocycles. The summed E-state index contributed by atoms with van der Waals surface area (Å²) in [5.74, 6) is 1.83. The van der Waals surface area contributed by atoms with Crippen LogP contribution in [-0.4, -0.2) is 34.6 Å². The number of aromatic nitrogens is 1. The molecule has 1 aromatic heterocycles. The second-order valence-corrected chi connectivity index (χ2v) is 8.26. The minimum absolute atomic E-state index is 0.217. The van der Waals surface area contributed by atoms with Gasteiger partial charge in [-0.15, -0.1) is 11.8 Å². The second-order valence-electron chi connectivity index (χ2n) is 7.21. The minimum atomic E-state index is 0.217. The number of hydrogen-bond donors (Lipinski definition) is 0. The number of amides is 1. The van der Waals surface area contributed by atoms with E-state index in [1.165, 1.54) is 11.1 Å². The van der Waals surface area contributed by atoms with Crippen molar-refractivity contribution in [2.75, 3.05) is 18.8 Å². The summed E-state index contributed by atoms with van der Waals surface area (Å²) in [5, 5.41) is 0. The number of nitrogens with zero attached hydrogens (tertiary/aromatic N) is 2. The van der Waals surface area contributed by atoms with E-state index in [-0.39, 0.29) is 5.91 Å². The summed E-state index contributed by atoms with van der Waals surface area (Å²) >= 11 is 1.62. The van der Waals surface area contributed by atoms with Crippen LogP contribution in [0.2, 0.25) is 0 Å². The Morgan fingerprint density at radius 2 is 1.93 bits per heavy atom. The average molecular weight is 381 g/mol. The van der Waals surface area contributed by atoms with Crippen molar-refractivity contribution in [2.45, 2.75) is 37.5 Å². The van der Waals surface area contributed by atoms with Crippen LogP contribution in [0.3, 0.4) is 0 Å². The van der Waals surface area contributed by atoms with Crippen LogP contribution < -0.4 is 0 Å². The topological polar surface area (TPSA) is 46.3 Å². The zero-order chi connectivity index (χ0) is 18.8. The van der Waals surface area contributed by atoms with Crippen molar-refractivity contribution in [3.8, 4) is 0 Å². The molecule has 27 heavy (non-hydrogen) atoms. The molecule has 5 heteroatoms. The van der Waals surface area contributed by atoms with Crippen LogP contribution in [0, 0.1) is 13.8 Å². The molecule has 1 fully saturated rings. The molecule has 1 aliphatic rings. The molecule has 2 aromatic carbocycles. The highest BCUT2D eigenvalue weighted by Gasteiger charge is 2.27. The summed E-state index contributed by atoms with van der Waals surface area (Å²) in [4.78, 5) is 20.3. The molecule has 3 aromatic rings. The summed E-state index contributed by atoms with van der Waals surface area (Å²) < 4.78 is 5.91. The predicted octanol–water partition coefficient (Wildman–Crippen LogP) is 4.94. The third kappa shape index (κ3) is 4.03. The average Bonchev–Trinajstić information content (AvgIpc) is 3.13. The Labute approximate surface area is 164 Å². The van der Waals surface area contributed by atoms with Gasteiger partial charge in [-0.3, -0.25) is 4.79 Å². The maximum absolute atomic E-state index is 12.6. The van der Waals surface area contributed by atoms with Crippen LogP contribution in [0.15, 0.2) is 51.8 Å². The van der Waals surface area contributed by atoms with E-state index in [1.807, 2.05) is 29.2 Å². The van der Waals surface area contributed by atoms with E-state index in [4.69, 9.17) is 4.42 Å². The zero-order valence-electron chi connectivity index (χ0n) is 15.8. The van der Waals surface area contributed by atoms with E-state index < -0.39 is 0 Å². The number of thioether (sulfide) groups is 1. The van der Waals surface area contributed by atoms with Crippen molar-refractivity contribution in [1.29, 1.82) is 0 Å². The van der Waals surface area contributed by atoms with E-state index in [0.717, 1.165) is 47.8 Å². The molecule has 0 atom stereocenters. The van der Waals surface area contributed by atoms with Gasteiger partial charge in [0.05, 0.1) is 5.75 Å². The Kier molecular flexibility index (Phi) is 5.21. The molecule has 0 N–H and O–H groups in total. The lowest BCUT2D eigenvalue weighted by Gasteiger charge is -2.30. The number of hydrogen-bond acceptors (Lipinski definition) is 4. The van der Waals surface area contributed by atoms with E-state index in [9.17, 15) is 4.79 Å². The monoisotopic (exact) mass is 380 g/mol. The van der Waals surface area contributed by atoms with Gasteiger partial charge in [-0.05, 0) is 62.1 Å². The van der Waals surface area contributed by atoms with Crippen molar-refractivity contribution in [3.63, 3.8) is 0 Å². The van der Waals surface area contributed by atoms with Gasteiger partial charge in [-0.1, -0.05) is 18.2 Å². The Hall–Kier alpha value is -2.27. The second kappa shape index (κ2) is 7.77. The number of piperidine rings is 1. The first-order valence-corrected chi connectivity index (χ1v) is 10.4. The Balaban J connectivity index is 1.31. The molecule has 140 valence electrons. The lowest BCUT2D eigenvalue weighted by Crippen LogP contribution is -2.39. The smallest absolute Gasteiger partial charge is 0.232 e. The molecule has 0 radical (unpaired) electrons. The first kappa shape index (κ1) is 18.1. The number of carbonyl (C=O) groups is 1. The molecular weight excluding hydrogens is 356 g/mol. The molecule has 1 amide bonds. The summed E-state index contributed by atoms with van der Waals surface area (Å²) in [6, 6.07) is 14.2. The molecule has 4 nitrogen and oxygen atoms in total. The maximum atomic E-state index is 12.6. The standard InChI is InChI=1S/C22H24N2O2S/c1-15-7-8-18(13-16(15)2)27-14-21(25)24-11-9-17(10-12-24)22-23-19-5-3-4-6-20(19)26-22/h3-8,13,17H,9-12,14H2,1-2H3. The number of para-hydroxylation sites is 2. The maximum Gasteiger partial charge on any atom is 0.232 e. The van der Waals surface area contributed by atoms with Gasteiger partial charge in [0.2, 0.25) is 5.91 Å². The van der Waals surface area contributed by atoms with E-state index >= 15 is 0 Å². The van der Waals surface area contributed by atoms with E-state index in [0.29, 0.717) is 11.7 Å². The Morgan fingerprint density at radius 3 is 2.67 bits per heavy atom. The van der Waals surface area contributed by atoms with Crippen LogP contribution >= 0.6 is 11.8 Å². The molecule has 0 saturated carbocycles. The number of carbonyl (C=O) groups excluding carboxylic acids is 1. The summed E-state index contributed by atoms with van der Waals surface area (Å²) in [7, 11) is 0. The van der Waals surface area contributed by atoms with Gasteiger partial charge in [0.25, 0.3) is 0 Å². The quantitative estimate of drug-likeness (QED) is 0.601. The molecule has 1 saturated heterocycles. The van der Waals surface area contributed by atoms with Crippen LogP contribution in [0.4, 0.5) is 0 Å². The van der Waals surface area contributed by atoms with Crippen molar-refractivity contribution >= 4 is 28.8 Å². The molecule has 4 rings (SSSR count). The van der Waals surface area contributed by atoms with Gasteiger partial charge >= 0.3 is 0 Å². The Bertz CT molecular complexity index is 925. The Morgan fingerprint density at radius 1 is 1.15 bits per heavy atom. The minimum Gasteiger partial charge on any atom is -0.440 e. The van der Waals surface area contributed by atoms with Crippen molar-refractivity contribution in [2.24, 2.45) is 0 Å². The number of rotatable bonds is 4. The van der Waals surface area contributed by atoms with Crippen molar-refractivity contribution in [1.82, 2.24) is 9.88 Å². The highest BCUT2D eigenvalue weighted by Crippen LogP contribution is 2.30. The molecule has 1 aliphatic heterocycles. The van der Waals surface area contributed by atoms with Crippen molar-refractivity contribution < 1.29 is 9.21 Å². The molecular formula is C22H24N2O2S. The third-order valence-electron chi connectivity index (χ3n) is 5.35. The van der Waals surface area contributed by atoms with Crippen LogP contribution in [0.25, 0.3) is 11.1 Å². The normalized spacial score (nSPS) is 15.4. The third-order valence-corrected chi connectivity index (χ3v) is 6.33. The van der Waals surface area contributed by atoms with Crippen LogP contribution in [-0.2, 0) is 4.79 Å². The van der Waals surface area contributed by atoms with Gasteiger partial charge in [-0.2, -0.15) is 0 Å². The van der Waals surface area contributed by atoms with Gasteiger partial charge in [0.15, 0.2) is 11.5 Å². The number of likely N-dealkylation sites (tertiary alicyclic amines) is 1. The highest BCUT2D eigenvalue weighted by molar-refractivity contribution is 8.00. The molecule has 2 heterocycles. The molecule has 0 spiro atoms. The van der Waals surface area contributed by atoms with E-state index in [2.05, 4.69) is 37.0 Å². The predicted molar refractivity (Wildman–Crippen MR) is 109 cm³/mol. The molecule has 0 bridgehead atoms. The number of aryl methyl sites for hydroxylation is 2. The van der Waals surface area contributed by atoms with Crippen molar-refractivity contribution in [3.05, 3.63) is 59.5 Å². The fourth-order valence-corrected chi connectivity index (χ4v) is 4.38. The summed E-state index contributed by atoms with van der Waals surface area (Å²) in [5.41, 5.74) is 4.31. The number of fused-ring (bicyclic) bond motifs is 1. The zero-order valence-corrected chi connectivity index (χ0v) is 16.6. The van der Waals surface area contributed by atoms with Gasteiger partial charge in [0.1, 0.15) is 5.52 Å². The fraction of sp³-hybridized carbons (Fsp3) is 0.364. The number of benzene rings is 2. The lowest BCUT2D eigenvalue weighted by atomic mass is 9.97. The highest BCUT2D eigenvalue weighted by atomic mass is 32.2. The van der Waals surface area contributed by atoms with E-state index in [1.54, 1.807) is 11.8 Å². The first-order valence-electron chi connectivity index (χ1n) is 9.43. The van der Waals surface area contributed by atoms with Gasteiger partial charge < -0.3 is 9.32 Å².